The van der Waals surface area contributed by atoms with E-state index in [2.05, 4.69) is 45.1 Å². The Morgan fingerprint density at radius 1 is 1.31 bits per heavy atom. The van der Waals surface area contributed by atoms with Gasteiger partial charge in [-0.2, -0.15) is 0 Å². The summed E-state index contributed by atoms with van der Waals surface area (Å²) in [7, 11) is 4.28. The first-order chi connectivity index (χ1) is 7.50. The van der Waals surface area contributed by atoms with Crippen molar-refractivity contribution in [2.45, 2.75) is 39.3 Å². The first-order valence-corrected chi connectivity index (χ1v) is 6.49. The Balaban J connectivity index is 2.40. The first kappa shape index (κ1) is 13.9. The number of nitrogens with one attached hydrogen (secondary N) is 1. The molecule has 0 saturated carbocycles. The molecule has 3 heteroatoms. The van der Waals surface area contributed by atoms with E-state index in [4.69, 9.17) is 4.74 Å². The number of likely N-dealkylation sites (N-methyl/N-ethyl adjacent to an activating group) is 1. The van der Waals surface area contributed by atoms with Crippen LogP contribution in [0.15, 0.2) is 0 Å². The van der Waals surface area contributed by atoms with Crippen molar-refractivity contribution in [3.8, 4) is 0 Å². The highest BCUT2D eigenvalue weighted by atomic mass is 16.5. The van der Waals surface area contributed by atoms with Crippen molar-refractivity contribution in [2.75, 3.05) is 33.9 Å². The Bertz CT molecular complexity index is 188. The van der Waals surface area contributed by atoms with E-state index in [-0.39, 0.29) is 0 Å². The molecule has 1 aliphatic rings. The second-order valence-corrected chi connectivity index (χ2v) is 5.69. The summed E-state index contributed by atoms with van der Waals surface area (Å²) < 4.78 is 5.45. The summed E-state index contributed by atoms with van der Waals surface area (Å²) in [6, 6.07) is 1.14. The molecule has 0 aromatic carbocycles. The van der Waals surface area contributed by atoms with Gasteiger partial charge in [0.15, 0.2) is 0 Å². The lowest BCUT2D eigenvalue weighted by atomic mass is 9.96. The fourth-order valence-electron chi connectivity index (χ4n) is 2.27. The zero-order valence-corrected chi connectivity index (χ0v) is 11.5. The summed E-state index contributed by atoms with van der Waals surface area (Å²) in [5.74, 6) is 1.37. The summed E-state index contributed by atoms with van der Waals surface area (Å²) in [6.45, 7) is 9.86. The lowest BCUT2D eigenvalue weighted by Gasteiger charge is -2.31. The van der Waals surface area contributed by atoms with Crippen LogP contribution in [-0.4, -0.2) is 50.8 Å². The van der Waals surface area contributed by atoms with Crippen molar-refractivity contribution in [2.24, 2.45) is 11.8 Å². The molecule has 1 saturated heterocycles. The van der Waals surface area contributed by atoms with Gasteiger partial charge < -0.3 is 15.0 Å². The lowest BCUT2D eigenvalue weighted by molar-refractivity contribution is 0.171. The molecule has 0 aromatic heterocycles. The van der Waals surface area contributed by atoms with Crippen LogP contribution in [0.1, 0.15) is 27.2 Å². The summed E-state index contributed by atoms with van der Waals surface area (Å²) in [6.07, 6.45) is 1.21. The van der Waals surface area contributed by atoms with Crippen molar-refractivity contribution in [3.05, 3.63) is 0 Å². The predicted octanol–water partition coefficient (Wildman–Crippen LogP) is 1.59. The third-order valence-corrected chi connectivity index (χ3v) is 3.52. The maximum Gasteiger partial charge on any atom is 0.0509 e. The molecule has 0 aromatic rings. The molecular weight excluding hydrogens is 200 g/mol. The van der Waals surface area contributed by atoms with E-state index < -0.39 is 0 Å². The minimum Gasteiger partial charge on any atom is -0.381 e. The van der Waals surface area contributed by atoms with Gasteiger partial charge in [-0.1, -0.05) is 13.8 Å². The molecule has 0 amide bonds. The van der Waals surface area contributed by atoms with Crippen LogP contribution in [0.3, 0.4) is 0 Å². The molecule has 3 atom stereocenters. The van der Waals surface area contributed by atoms with Gasteiger partial charge in [-0.05, 0) is 39.3 Å². The first-order valence-electron chi connectivity index (χ1n) is 6.49. The Morgan fingerprint density at radius 2 is 2.00 bits per heavy atom. The standard InChI is InChI=1S/C13H28N2O/c1-10(2)13(8-15(4)5)14-11(3)12-6-7-16-9-12/h10-14H,6-9H2,1-5H3. The normalized spacial score (nSPS) is 25.3. The molecule has 0 bridgehead atoms. The number of hydrogen-bond acceptors (Lipinski definition) is 3. The zero-order chi connectivity index (χ0) is 12.1. The molecule has 3 nitrogen and oxygen atoms in total. The number of nitrogens with zero attached hydrogens (tertiary/aromatic N) is 1. The van der Waals surface area contributed by atoms with Gasteiger partial charge in [0.05, 0.1) is 6.61 Å². The van der Waals surface area contributed by atoms with Gasteiger partial charge in [0.2, 0.25) is 0 Å². The van der Waals surface area contributed by atoms with Crippen LogP contribution in [0.2, 0.25) is 0 Å². The Labute approximate surface area is 101 Å². The molecule has 0 spiro atoms. The average molecular weight is 228 g/mol. The molecule has 0 radical (unpaired) electrons. The molecule has 96 valence electrons. The summed E-state index contributed by atoms with van der Waals surface area (Å²) >= 11 is 0. The Hall–Kier alpha value is -0.120. The van der Waals surface area contributed by atoms with E-state index >= 15 is 0 Å². The SMILES string of the molecule is CC(C)C(CN(C)C)NC(C)C1CCOC1. The van der Waals surface area contributed by atoms with Crippen LogP contribution in [0, 0.1) is 11.8 Å². The monoisotopic (exact) mass is 228 g/mol. The smallest absolute Gasteiger partial charge is 0.0509 e. The van der Waals surface area contributed by atoms with Gasteiger partial charge in [-0.25, -0.2) is 0 Å². The van der Waals surface area contributed by atoms with Crippen LogP contribution < -0.4 is 5.32 Å². The zero-order valence-electron chi connectivity index (χ0n) is 11.5. The molecule has 1 heterocycles. The van der Waals surface area contributed by atoms with Gasteiger partial charge in [0.1, 0.15) is 0 Å². The van der Waals surface area contributed by atoms with Crippen LogP contribution in [0.25, 0.3) is 0 Å². The maximum atomic E-state index is 5.45. The third-order valence-electron chi connectivity index (χ3n) is 3.52. The van der Waals surface area contributed by atoms with E-state index in [0.717, 1.165) is 19.8 Å². The highest BCUT2D eigenvalue weighted by Crippen LogP contribution is 2.17. The molecule has 3 unspecified atom stereocenters. The second kappa shape index (κ2) is 6.58. The third kappa shape index (κ3) is 4.40. The van der Waals surface area contributed by atoms with E-state index in [1.807, 2.05) is 0 Å². The number of rotatable bonds is 6. The fourth-order valence-corrected chi connectivity index (χ4v) is 2.27. The van der Waals surface area contributed by atoms with Crippen molar-refractivity contribution >= 4 is 0 Å². The van der Waals surface area contributed by atoms with E-state index in [1.165, 1.54) is 6.42 Å². The molecule has 16 heavy (non-hydrogen) atoms. The predicted molar refractivity (Wildman–Crippen MR) is 68.7 cm³/mol. The molecule has 1 fully saturated rings. The number of hydrogen-bond donors (Lipinski definition) is 1. The van der Waals surface area contributed by atoms with Crippen molar-refractivity contribution in [1.29, 1.82) is 0 Å². The van der Waals surface area contributed by atoms with E-state index in [0.29, 0.717) is 23.9 Å². The topological polar surface area (TPSA) is 24.5 Å². The molecule has 0 aliphatic carbocycles. The van der Waals surface area contributed by atoms with Gasteiger partial charge >= 0.3 is 0 Å². The summed E-state index contributed by atoms with van der Waals surface area (Å²) in [5, 5.41) is 3.77. The quantitative estimate of drug-likeness (QED) is 0.747. The Morgan fingerprint density at radius 3 is 2.44 bits per heavy atom. The van der Waals surface area contributed by atoms with Crippen LogP contribution in [0.5, 0.6) is 0 Å². The highest BCUT2D eigenvalue weighted by Gasteiger charge is 2.25. The molecular formula is C13H28N2O. The van der Waals surface area contributed by atoms with Crippen LogP contribution in [0.4, 0.5) is 0 Å². The van der Waals surface area contributed by atoms with E-state index in [9.17, 15) is 0 Å². The Kier molecular flexibility index (Phi) is 5.73. The second-order valence-electron chi connectivity index (χ2n) is 5.69. The number of ether oxygens (including phenoxy) is 1. The molecule has 1 N–H and O–H groups in total. The van der Waals surface area contributed by atoms with Crippen molar-refractivity contribution < 1.29 is 4.74 Å². The average Bonchev–Trinajstić information content (AvgIpc) is 2.68. The van der Waals surface area contributed by atoms with Crippen molar-refractivity contribution in [3.63, 3.8) is 0 Å². The van der Waals surface area contributed by atoms with E-state index in [1.54, 1.807) is 0 Å². The summed E-state index contributed by atoms with van der Waals surface area (Å²) in [4.78, 5) is 2.26. The maximum absolute atomic E-state index is 5.45. The van der Waals surface area contributed by atoms with Gasteiger partial charge in [-0.15, -0.1) is 0 Å². The minimum absolute atomic E-state index is 0.565. The van der Waals surface area contributed by atoms with Gasteiger partial charge in [0, 0.05) is 25.2 Å². The van der Waals surface area contributed by atoms with Gasteiger partial charge in [-0.3, -0.25) is 0 Å². The van der Waals surface area contributed by atoms with Crippen molar-refractivity contribution in [1.82, 2.24) is 10.2 Å². The fraction of sp³-hybridized carbons (Fsp3) is 1.00. The largest absolute Gasteiger partial charge is 0.381 e. The van der Waals surface area contributed by atoms with Gasteiger partial charge in [0.25, 0.3) is 0 Å². The molecule has 1 rings (SSSR count). The lowest BCUT2D eigenvalue weighted by Crippen LogP contribution is -2.48. The molecule has 1 aliphatic heterocycles. The van der Waals surface area contributed by atoms with Crippen LogP contribution in [-0.2, 0) is 4.74 Å². The summed E-state index contributed by atoms with van der Waals surface area (Å²) in [5.41, 5.74) is 0. The minimum atomic E-state index is 0.565. The highest BCUT2D eigenvalue weighted by molar-refractivity contribution is 4.82. The van der Waals surface area contributed by atoms with Crippen LogP contribution >= 0.6 is 0 Å².